The number of rotatable bonds is 6. The van der Waals surface area contributed by atoms with Crippen molar-refractivity contribution in [1.29, 1.82) is 0 Å². The minimum absolute atomic E-state index is 0.00731. The summed E-state index contributed by atoms with van der Waals surface area (Å²) < 4.78 is 12.1. The molecule has 1 fully saturated rings. The molecular formula is C29H30ClN3O3. The van der Waals surface area contributed by atoms with E-state index < -0.39 is 0 Å². The van der Waals surface area contributed by atoms with Gasteiger partial charge in [-0.25, -0.2) is 4.98 Å². The van der Waals surface area contributed by atoms with Crippen LogP contribution in [0.25, 0.3) is 32.9 Å². The molecule has 7 heteroatoms. The van der Waals surface area contributed by atoms with Gasteiger partial charge in [0.05, 0.1) is 29.2 Å². The number of carbonyl (C=O) groups excluding carboxylic acids is 1. The smallest absolute Gasteiger partial charge is 0.137 e. The van der Waals surface area contributed by atoms with Crippen molar-refractivity contribution in [2.24, 2.45) is 5.92 Å². The molecule has 6 rings (SSSR count). The predicted octanol–water partition coefficient (Wildman–Crippen LogP) is 6.30. The van der Waals surface area contributed by atoms with Crippen molar-refractivity contribution in [3.63, 3.8) is 0 Å². The molecule has 186 valence electrons. The number of halogens is 1. The Hall–Kier alpha value is -2.93. The molecule has 0 radical (unpaired) electrons. The highest BCUT2D eigenvalue weighted by Gasteiger charge is 2.40. The fourth-order valence-electron chi connectivity index (χ4n) is 5.83. The number of nitrogens with one attached hydrogen (secondary N) is 1. The zero-order valence-electron chi connectivity index (χ0n) is 20.8. The third kappa shape index (κ3) is 3.88. The second-order valence-corrected chi connectivity index (χ2v) is 10.6. The van der Waals surface area contributed by atoms with Gasteiger partial charge >= 0.3 is 0 Å². The fourth-order valence-corrected chi connectivity index (χ4v) is 6.02. The van der Waals surface area contributed by atoms with Gasteiger partial charge in [0.15, 0.2) is 0 Å². The summed E-state index contributed by atoms with van der Waals surface area (Å²) in [6.07, 6.45) is 1.96. The number of carbonyl (C=O) groups is 1. The summed E-state index contributed by atoms with van der Waals surface area (Å²) in [5.41, 5.74) is 5.22. The van der Waals surface area contributed by atoms with E-state index in [-0.39, 0.29) is 24.1 Å². The standard InChI is InChI=1S/C29H30ClN3O3/c1-4-35-20-11-25(33(13-20)26(14-34)16(2)3)29-31-24-8-5-17-10-23-21-7-6-19(30)9-18(21)15-36-27(23)12-22(17)28(24)32-29/h5-10,12,14,16,20,25-26H,4,11,13,15H2,1-3H3,(H,31,32)/t20-,25-,26?/m0/s1. The van der Waals surface area contributed by atoms with E-state index in [1.54, 1.807) is 0 Å². The molecule has 0 amide bonds. The van der Waals surface area contributed by atoms with Crippen molar-refractivity contribution in [2.75, 3.05) is 13.2 Å². The van der Waals surface area contributed by atoms with Crippen molar-refractivity contribution in [1.82, 2.24) is 14.9 Å². The Morgan fingerprint density at radius 3 is 2.86 bits per heavy atom. The SMILES string of the molecule is CCO[C@H]1C[C@@H](c2nc3c(ccc4cc5c(cc43)OCc3cc(Cl)ccc3-5)[nH]2)N(C(C=O)C(C)C)C1. The number of likely N-dealkylation sites (tertiary alicyclic amines) is 1. The van der Waals surface area contributed by atoms with Crippen molar-refractivity contribution in [3.05, 3.63) is 58.9 Å². The van der Waals surface area contributed by atoms with E-state index in [4.69, 9.17) is 26.1 Å². The topological polar surface area (TPSA) is 67.5 Å². The van der Waals surface area contributed by atoms with Crippen LogP contribution < -0.4 is 4.74 Å². The van der Waals surface area contributed by atoms with Crippen LogP contribution in [0, 0.1) is 5.92 Å². The predicted molar refractivity (Wildman–Crippen MR) is 143 cm³/mol. The van der Waals surface area contributed by atoms with Crippen LogP contribution in [-0.4, -0.2) is 46.5 Å². The van der Waals surface area contributed by atoms with Crippen LogP contribution >= 0.6 is 11.6 Å². The lowest BCUT2D eigenvalue weighted by molar-refractivity contribution is -0.114. The molecule has 4 aromatic rings. The van der Waals surface area contributed by atoms with E-state index in [2.05, 4.69) is 54.1 Å². The lowest BCUT2D eigenvalue weighted by Gasteiger charge is -2.30. The number of hydrogen-bond donors (Lipinski definition) is 1. The second kappa shape index (κ2) is 9.18. The summed E-state index contributed by atoms with van der Waals surface area (Å²) in [5, 5.41) is 2.87. The fraction of sp³-hybridized carbons (Fsp3) is 0.379. The number of imidazole rings is 1. The number of hydrogen-bond acceptors (Lipinski definition) is 5. The first kappa shape index (κ1) is 23.5. The Morgan fingerprint density at radius 1 is 1.22 bits per heavy atom. The quantitative estimate of drug-likeness (QED) is 0.312. The summed E-state index contributed by atoms with van der Waals surface area (Å²) in [5.74, 6) is 1.94. The molecule has 0 spiro atoms. The van der Waals surface area contributed by atoms with Gasteiger partial charge in [-0.1, -0.05) is 37.6 Å². The first-order chi connectivity index (χ1) is 17.5. The number of benzene rings is 3. The van der Waals surface area contributed by atoms with Crippen LogP contribution in [0.5, 0.6) is 5.75 Å². The monoisotopic (exact) mass is 503 g/mol. The van der Waals surface area contributed by atoms with Crippen molar-refractivity contribution >= 4 is 39.7 Å². The number of fused-ring (bicyclic) bond motifs is 6. The number of aldehydes is 1. The molecule has 0 saturated carbocycles. The molecule has 2 aliphatic heterocycles. The van der Waals surface area contributed by atoms with Crippen LogP contribution in [0.1, 0.15) is 44.6 Å². The van der Waals surface area contributed by atoms with E-state index >= 15 is 0 Å². The molecule has 3 aromatic carbocycles. The lowest BCUT2D eigenvalue weighted by atomic mass is 9.94. The van der Waals surface area contributed by atoms with Gasteiger partial charge in [-0.15, -0.1) is 0 Å². The van der Waals surface area contributed by atoms with Gasteiger partial charge in [0.2, 0.25) is 0 Å². The Morgan fingerprint density at radius 2 is 2.08 bits per heavy atom. The van der Waals surface area contributed by atoms with Crippen LogP contribution in [0.15, 0.2) is 42.5 Å². The molecule has 1 aromatic heterocycles. The second-order valence-electron chi connectivity index (χ2n) is 10.1. The van der Waals surface area contributed by atoms with Crippen LogP contribution in [0.4, 0.5) is 0 Å². The van der Waals surface area contributed by atoms with Gasteiger partial charge in [-0.05, 0) is 66.1 Å². The lowest BCUT2D eigenvalue weighted by Crippen LogP contribution is -2.41. The minimum atomic E-state index is -0.181. The normalized spacial score (nSPS) is 20.5. The molecule has 6 nitrogen and oxygen atoms in total. The molecule has 36 heavy (non-hydrogen) atoms. The van der Waals surface area contributed by atoms with Gasteiger partial charge in [0.25, 0.3) is 0 Å². The van der Waals surface area contributed by atoms with Gasteiger partial charge in [0.1, 0.15) is 24.5 Å². The maximum Gasteiger partial charge on any atom is 0.137 e. The third-order valence-corrected chi connectivity index (χ3v) is 7.79. The summed E-state index contributed by atoms with van der Waals surface area (Å²) in [4.78, 5) is 23.0. The van der Waals surface area contributed by atoms with E-state index in [1.165, 1.54) is 0 Å². The van der Waals surface area contributed by atoms with Crippen molar-refractivity contribution < 1.29 is 14.3 Å². The summed E-state index contributed by atoms with van der Waals surface area (Å²) >= 11 is 6.21. The third-order valence-electron chi connectivity index (χ3n) is 7.55. The first-order valence-corrected chi connectivity index (χ1v) is 13.0. The van der Waals surface area contributed by atoms with Gasteiger partial charge in [0, 0.05) is 29.1 Å². The molecule has 0 aliphatic carbocycles. The van der Waals surface area contributed by atoms with Gasteiger partial charge in [-0.2, -0.15) is 0 Å². The molecule has 1 unspecified atom stereocenters. The Bertz CT molecular complexity index is 1460. The summed E-state index contributed by atoms with van der Waals surface area (Å²) in [6, 6.07) is 14.3. The average Bonchev–Trinajstić information content (AvgIpc) is 3.47. The highest BCUT2D eigenvalue weighted by atomic mass is 35.5. The van der Waals surface area contributed by atoms with Gasteiger partial charge in [-0.3, -0.25) is 4.90 Å². The molecule has 3 heterocycles. The maximum atomic E-state index is 12.0. The Balaban J connectivity index is 1.44. The number of aromatic nitrogens is 2. The van der Waals surface area contributed by atoms with Crippen LogP contribution in [0.3, 0.4) is 0 Å². The van der Waals surface area contributed by atoms with Gasteiger partial charge < -0.3 is 19.3 Å². The van der Waals surface area contributed by atoms with E-state index in [1.807, 2.05) is 19.1 Å². The van der Waals surface area contributed by atoms with Crippen molar-refractivity contribution in [3.8, 4) is 16.9 Å². The zero-order valence-corrected chi connectivity index (χ0v) is 21.5. The minimum Gasteiger partial charge on any atom is -0.488 e. The molecule has 1 saturated heterocycles. The highest BCUT2D eigenvalue weighted by molar-refractivity contribution is 6.30. The largest absolute Gasteiger partial charge is 0.488 e. The van der Waals surface area contributed by atoms with E-state index in [0.29, 0.717) is 18.2 Å². The molecular weight excluding hydrogens is 474 g/mol. The Kier molecular flexibility index (Phi) is 5.98. The highest BCUT2D eigenvalue weighted by Crippen LogP contribution is 2.43. The number of ether oxygens (including phenoxy) is 2. The number of H-pyrrole nitrogens is 1. The zero-order chi connectivity index (χ0) is 25.0. The van der Waals surface area contributed by atoms with Crippen LogP contribution in [-0.2, 0) is 16.1 Å². The molecule has 2 aliphatic rings. The summed E-state index contributed by atoms with van der Waals surface area (Å²) in [6.45, 7) is 8.07. The van der Waals surface area contributed by atoms with Crippen molar-refractivity contribution in [2.45, 2.75) is 52.0 Å². The molecule has 0 bridgehead atoms. The first-order valence-electron chi connectivity index (χ1n) is 12.7. The number of aromatic amines is 1. The molecule has 3 atom stereocenters. The van der Waals surface area contributed by atoms with E-state index in [0.717, 1.165) is 69.3 Å². The maximum absolute atomic E-state index is 12.0. The summed E-state index contributed by atoms with van der Waals surface area (Å²) in [7, 11) is 0. The number of nitrogens with zero attached hydrogens (tertiary/aromatic N) is 2. The Labute approximate surface area is 215 Å². The van der Waals surface area contributed by atoms with E-state index in [9.17, 15) is 4.79 Å². The molecule has 1 N–H and O–H groups in total. The average molecular weight is 504 g/mol. The van der Waals surface area contributed by atoms with Crippen LogP contribution in [0.2, 0.25) is 5.02 Å².